The van der Waals surface area contributed by atoms with E-state index in [9.17, 15) is 4.79 Å². The van der Waals surface area contributed by atoms with Gasteiger partial charge in [0.1, 0.15) is 13.9 Å². The van der Waals surface area contributed by atoms with Crippen LogP contribution in [-0.2, 0) is 4.74 Å². The largest absolute Gasteiger partial charge is 0.377 e. The van der Waals surface area contributed by atoms with Crippen molar-refractivity contribution in [2.45, 2.75) is 6.04 Å². The highest BCUT2D eigenvalue weighted by Gasteiger charge is 2.17. The van der Waals surface area contributed by atoms with E-state index in [2.05, 4.69) is 10.2 Å². The number of benzene rings is 1. The third-order valence-corrected chi connectivity index (χ3v) is 2.09. The van der Waals surface area contributed by atoms with E-state index in [1.165, 1.54) is 0 Å². The van der Waals surface area contributed by atoms with Gasteiger partial charge in [0.2, 0.25) is 0 Å². The SMILES string of the molecule is [B]c1ccc(C(=O)N=NC2COC2)cc1. The molecule has 0 saturated carbocycles. The molecule has 2 rings (SSSR count). The minimum absolute atomic E-state index is 0.0442. The lowest BCUT2D eigenvalue weighted by atomic mass is 9.95. The number of ether oxygens (including phenoxy) is 1. The monoisotopic (exact) mass is 200 g/mol. The zero-order valence-electron chi connectivity index (χ0n) is 8.09. The minimum Gasteiger partial charge on any atom is -0.377 e. The van der Waals surface area contributed by atoms with Crippen molar-refractivity contribution < 1.29 is 9.53 Å². The van der Waals surface area contributed by atoms with Crippen LogP contribution in [-0.4, -0.2) is 33.0 Å². The van der Waals surface area contributed by atoms with Gasteiger partial charge in [-0.15, -0.1) is 5.11 Å². The lowest BCUT2D eigenvalue weighted by Gasteiger charge is -2.19. The number of carbonyl (C=O) groups is 1. The van der Waals surface area contributed by atoms with E-state index in [1.54, 1.807) is 24.3 Å². The zero-order chi connectivity index (χ0) is 10.7. The lowest BCUT2D eigenvalue weighted by Crippen LogP contribution is -2.31. The summed E-state index contributed by atoms with van der Waals surface area (Å²) in [6, 6.07) is 6.63. The molecule has 0 aromatic heterocycles. The average Bonchev–Trinajstić information content (AvgIpc) is 2.16. The van der Waals surface area contributed by atoms with Crippen molar-refractivity contribution in [2.24, 2.45) is 10.2 Å². The number of azo groups is 1. The van der Waals surface area contributed by atoms with E-state index in [0.29, 0.717) is 24.2 Å². The number of rotatable bonds is 2. The first-order valence-corrected chi connectivity index (χ1v) is 4.64. The topological polar surface area (TPSA) is 51.0 Å². The van der Waals surface area contributed by atoms with E-state index >= 15 is 0 Å². The normalized spacial score (nSPS) is 16.5. The molecule has 0 spiro atoms. The van der Waals surface area contributed by atoms with Gasteiger partial charge in [0, 0.05) is 5.56 Å². The molecule has 1 heterocycles. The van der Waals surface area contributed by atoms with Crippen LogP contribution in [0.4, 0.5) is 0 Å². The molecule has 2 radical (unpaired) electrons. The van der Waals surface area contributed by atoms with E-state index in [0.717, 1.165) is 0 Å². The molecule has 4 nitrogen and oxygen atoms in total. The number of carbonyl (C=O) groups excluding carboxylic acids is 1. The highest BCUT2D eigenvalue weighted by molar-refractivity contribution is 6.32. The van der Waals surface area contributed by atoms with Crippen LogP contribution >= 0.6 is 0 Å². The molecule has 1 aromatic rings. The molecule has 74 valence electrons. The van der Waals surface area contributed by atoms with E-state index in [-0.39, 0.29) is 11.9 Å². The van der Waals surface area contributed by atoms with Gasteiger partial charge in [0.15, 0.2) is 0 Å². The Hall–Kier alpha value is -1.49. The standard InChI is InChI=1S/C10H9BN2O2/c11-8-3-1-7(2-4-8)10(14)13-12-9-5-15-6-9/h1-4,9H,5-6H2. The summed E-state index contributed by atoms with van der Waals surface area (Å²) in [4.78, 5) is 11.5. The summed E-state index contributed by atoms with van der Waals surface area (Å²) in [6.07, 6.45) is 0. The second-order valence-corrected chi connectivity index (χ2v) is 3.33. The molecule has 1 saturated heterocycles. The fourth-order valence-electron chi connectivity index (χ4n) is 1.11. The van der Waals surface area contributed by atoms with Crippen molar-refractivity contribution in [2.75, 3.05) is 13.2 Å². The summed E-state index contributed by atoms with van der Waals surface area (Å²) in [5, 5.41) is 7.46. The summed E-state index contributed by atoms with van der Waals surface area (Å²) in [6.45, 7) is 1.11. The average molecular weight is 200 g/mol. The third kappa shape index (κ3) is 2.50. The Balaban J connectivity index is 2.00. The molecular weight excluding hydrogens is 191 g/mol. The molecule has 0 aliphatic carbocycles. The van der Waals surface area contributed by atoms with Crippen LogP contribution in [0.15, 0.2) is 34.5 Å². The second-order valence-electron chi connectivity index (χ2n) is 3.33. The van der Waals surface area contributed by atoms with Crippen LogP contribution in [0.3, 0.4) is 0 Å². The van der Waals surface area contributed by atoms with Gasteiger partial charge in [-0.2, -0.15) is 5.11 Å². The summed E-state index contributed by atoms with van der Waals surface area (Å²) in [5.41, 5.74) is 1.11. The highest BCUT2D eigenvalue weighted by Crippen LogP contribution is 2.07. The Kier molecular flexibility index (Phi) is 2.92. The van der Waals surface area contributed by atoms with Crippen LogP contribution in [0.2, 0.25) is 0 Å². The van der Waals surface area contributed by atoms with Crippen molar-refractivity contribution in [1.29, 1.82) is 0 Å². The van der Waals surface area contributed by atoms with Crippen molar-refractivity contribution in [3.8, 4) is 0 Å². The van der Waals surface area contributed by atoms with Gasteiger partial charge < -0.3 is 4.74 Å². The Morgan fingerprint density at radius 2 is 2.00 bits per heavy atom. The van der Waals surface area contributed by atoms with Crippen molar-refractivity contribution >= 4 is 19.2 Å². The number of hydrogen-bond acceptors (Lipinski definition) is 3. The first-order chi connectivity index (χ1) is 7.25. The summed E-state index contributed by atoms with van der Waals surface area (Å²) >= 11 is 0. The zero-order valence-corrected chi connectivity index (χ0v) is 8.09. The van der Waals surface area contributed by atoms with Gasteiger partial charge in [-0.3, -0.25) is 4.79 Å². The molecule has 1 aliphatic rings. The van der Waals surface area contributed by atoms with Crippen molar-refractivity contribution in [3.63, 3.8) is 0 Å². The molecule has 0 N–H and O–H groups in total. The molecule has 0 bridgehead atoms. The van der Waals surface area contributed by atoms with Crippen LogP contribution in [0, 0.1) is 0 Å². The predicted molar refractivity (Wildman–Crippen MR) is 55.6 cm³/mol. The van der Waals surface area contributed by atoms with E-state index < -0.39 is 0 Å². The van der Waals surface area contributed by atoms with Crippen molar-refractivity contribution in [3.05, 3.63) is 29.8 Å². The number of hydrogen-bond donors (Lipinski definition) is 0. The van der Waals surface area contributed by atoms with E-state index in [4.69, 9.17) is 12.6 Å². The Morgan fingerprint density at radius 1 is 1.33 bits per heavy atom. The predicted octanol–water partition coefficient (Wildman–Crippen LogP) is 0.472. The summed E-state index contributed by atoms with van der Waals surface area (Å²) < 4.78 is 4.91. The van der Waals surface area contributed by atoms with Crippen molar-refractivity contribution in [1.82, 2.24) is 0 Å². The maximum absolute atomic E-state index is 11.5. The van der Waals surface area contributed by atoms with Gasteiger partial charge >= 0.3 is 0 Å². The summed E-state index contributed by atoms with van der Waals surface area (Å²) in [7, 11) is 5.50. The molecule has 1 fully saturated rings. The first-order valence-electron chi connectivity index (χ1n) is 4.64. The molecule has 1 amide bonds. The molecule has 1 aliphatic heterocycles. The minimum atomic E-state index is -0.345. The lowest BCUT2D eigenvalue weighted by molar-refractivity contribution is 0.0101. The number of amides is 1. The Bertz CT molecular complexity index is 385. The Morgan fingerprint density at radius 3 is 2.53 bits per heavy atom. The second kappa shape index (κ2) is 4.36. The fraction of sp³-hybridized carbons (Fsp3) is 0.300. The first kappa shape index (κ1) is 10.0. The third-order valence-electron chi connectivity index (χ3n) is 2.09. The van der Waals surface area contributed by atoms with Gasteiger partial charge in [-0.25, -0.2) is 0 Å². The highest BCUT2D eigenvalue weighted by atomic mass is 16.5. The van der Waals surface area contributed by atoms with Crippen LogP contribution in [0.25, 0.3) is 0 Å². The maximum Gasteiger partial charge on any atom is 0.295 e. The fourth-order valence-corrected chi connectivity index (χ4v) is 1.11. The number of nitrogens with zero attached hydrogens (tertiary/aromatic N) is 2. The Labute approximate surface area is 88.8 Å². The van der Waals surface area contributed by atoms with Gasteiger partial charge in [0.05, 0.1) is 13.2 Å². The van der Waals surface area contributed by atoms with Crippen LogP contribution < -0.4 is 5.46 Å². The molecule has 1 aromatic carbocycles. The quantitative estimate of drug-likeness (QED) is 0.514. The molecule has 0 unspecified atom stereocenters. The molecule has 5 heteroatoms. The summed E-state index contributed by atoms with van der Waals surface area (Å²) in [5.74, 6) is -0.345. The van der Waals surface area contributed by atoms with Gasteiger partial charge in [0.25, 0.3) is 5.91 Å². The van der Waals surface area contributed by atoms with Gasteiger partial charge in [-0.1, -0.05) is 17.6 Å². The van der Waals surface area contributed by atoms with Crippen LogP contribution in [0.1, 0.15) is 10.4 Å². The molecular formula is C10H9BN2O2. The molecule has 15 heavy (non-hydrogen) atoms. The van der Waals surface area contributed by atoms with Gasteiger partial charge in [-0.05, 0) is 12.1 Å². The maximum atomic E-state index is 11.5. The smallest absolute Gasteiger partial charge is 0.295 e. The molecule has 0 atom stereocenters. The van der Waals surface area contributed by atoms with Crippen LogP contribution in [0.5, 0.6) is 0 Å². The van der Waals surface area contributed by atoms with E-state index in [1.807, 2.05) is 0 Å².